The second kappa shape index (κ2) is 6.58. The van der Waals surface area contributed by atoms with Gasteiger partial charge in [-0.2, -0.15) is 0 Å². The van der Waals surface area contributed by atoms with Crippen molar-refractivity contribution in [1.29, 1.82) is 0 Å². The fraction of sp³-hybridized carbons (Fsp3) is 0.111. The molecule has 1 aromatic rings. The van der Waals surface area contributed by atoms with Crippen LogP contribution in [0.25, 0.3) is 0 Å². The summed E-state index contributed by atoms with van der Waals surface area (Å²) in [4.78, 5) is 21.6. The van der Waals surface area contributed by atoms with E-state index in [9.17, 15) is 9.59 Å². The van der Waals surface area contributed by atoms with Gasteiger partial charge in [0.05, 0.1) is 0 Å². The Morgan fingerprint density at radius 3 is 2.27 bits per heavy atom. The molecule has 1 aromatic carbocycles. The van der Waals surface area contributed by atoms with Gasteiger partial charge in [0.25, 0.3) is 5.91 Å². The molecule has 0 saturated carbocycles. The van der Waals surface area contributed by atoms with E-state index in [4.69, 9.17) is 10.8 Å². The molecular formula is C9H11N2NaO3. The molecule has 1 atom stereocenters. The first-order chi connectivity index (χ1) is 6.61. The number of carboxylic acid groups (broad SMARTS) is 1. The number of benzene rings is 1. The number of hydrogen-bond acceptors (Lipinski definition) is 3. The molecule has 1 rings (SSSR count). The fourth-order valence-electron chi connectivity index (χ4n) is 0.876. The summed E-state index contributed by atoms with van der Waals surface area (Å²) < 4.78 is 0. The number of hydrogen-bond donors (Lipinski definition) is 3. The summed E-state index contributed by atoms with van der Waals surface area (Å²) in [6.07, 6.45) is -1.37. The average Bonchev–Trinajstić information content (AvgIpc) is 2.19. The molecule has 6 heteroatoms. The molecular weight excluding hydrogens is 207 g/mol. The molecule has 0 bridgehead atoms. The predicted molar refractivity (Wildman–Crippen MR) is 56.7 cm³/mol. The zero-order valence-corrected chi connectivity index (χ0v) is 7.31. The Balaban J connectivity index is 0.00000196. The Bertz CT molecular complexity index is 342. The minimum atomic E-state index is -1.37. The van der Waals surface area contributed by atoms with Gasteiger partial charge in [0.1, 0.15) is 0 Å². The van der Waals surface area contributed by atoms with Crippen LogP contribution >= 0.6 is 0 Å². The first-order valence-electron chi connectivity index (χ1n) is 3.95. The van der Waals surface area contributed by atoms with E-state index < -0.39 is 18.0 Å². The molecule has 76 valence electrons. The van der Waals surface area contributed by atoms with E-state index in [1.54, 1.807) is 30.3 Å². The van der Waals surface area contributed by atoms with Crippen LogP contribution in [0.5, 0.6) is 0 Å². The van der Waals surface area contributed by atoms with Crippen LogP contribution < -0.4 is 11.1 Å². The predicted octanol–water partition coefficient (Wildman–Crippen LogP) is -0.863. The fourth-order valence-corrected chi connectivity index (χ4v) is 0.876. The van der Waals surface area contributed by atoms with E-state index in [0.717, 1.165) is 0 Å². The van der Waals surface area contributed by atoms with Crippen LogP contribution in [0.1, 0.15) is 10.4 Å². The van der Waals surface area contributed by atoms with Gasteiger partial charge >= 0.3 is 35.5 Å². The molecule has 0 fully saturated rings. The number of carboxylic acids is 1. The van der Waals surface area contributed by atoms with E-state index in [-0.39, 0.29) is 29.6 Å². The standard InChI is InChI=1S/C9H10N2O3.Na.H/c10-7(9(13)14)11-8(12)6-4-2-1-3-5-6;;/h1-5,7H,10H2,(H,11,12)(H,13,14);;. The molecule has 15 heavy (non-hydrogen) atoms. The van der Waals surface area contributed by atoms with Gasteiger partial charge in [0.2, 0.25) is 0 Å². The van der Waals surface area contributed by atoms with Crippen LogP contribution in [0.15, 0.2) is 30.3 Å². The molecule has 0 heterocycles. The quantitative estimate of drug-likeness (QED) is 0.454. The summed E-state index contributed by atoms with van der Waals surface area (Å²) in [6.45, 7) is 0. The van der Waals surface area contributed by atoms with Crippen molar-refractivity contribution in [2.24, 2.45) is 5.73 Å². The van der Waals surface area contributed by atoms with Gasteiger partial charge in [-0.1, -0.05) is 18.2 Å². The van der Waals surface area contributed by atoms with Crippen LogP contribution in [0, 0.1) is 0 Å². The summed E-state index contributed by atoms with van der Waals surface area (Å²) in [5.74, 6) is -1.77. The third-order valence-electron chi connectivity index (χ3n) is 1.59. The first-order valence-corrected chi connectivity index (χ1v) is 3.95. The summed E-state index contributed by atoms with van der Waals surface area (Å²) in [7, 11) is 0. The SMILES string of the molecule is NC(NC(=O)c1ccccc1)C(=O)O.[NaH]. The molecule has 4 N–H and O–H groups in total. The summed E-state index contributed by atoms with van der Waals surface area (Å²) in [5.41, 5.74) is 5.50. The molecule has 5 nitrogen and oxygen atoms in total. The van der Waals surface area contributed by atoms with Gasteiger partial charge in [-0.05, 0) is 12.1 Å². The molecule has 0 saturated heterocycles. The van der Waals surface area contributed by atoms with Crippen LogP contribution in [0.3, 0.4) is 0 Å². The van der Waals surface area contributed by atoms with Crippen LogP contribution in [0.2, 0.25) is 0 Å². The van der Waals surface area contributed by atoms with E-state index in [2.05, 4.69) is 5.32 Å². The van der Waals surface area contributed by atoms with Crippen molar-refractivity contribution in [2.45, 2.75) is 6.17 Å². The zero-order chi connectivity index (χ0) is 10.6. The zero-order valence-electron chi connectivity index (χ0n) is 7.31. The van der Waals surface area contributed by atoms with Crippen molar-refractivity contribution in [2.75, 3.05) is 0 Å². The molecule has 0 radical (unpaired) electrons. The molecule has 1 amide bonds. The third-order valence-corrected chi connectivity index (χ3v) is 1.59. The van der Waals surface area contributed by atoms with Crippen molar-refractivity contribution < 1.29 is 14.7 Å². The minimum absolute atomic E-state index is 0. The average molecular weight is 218 g/mol. The summed E-state index contributed by atoms with van der Waals surface area (Å²) in [6, 6.07) is 8.27. The maximum atomic E-state index is 11.3. The van der Waals surface area contributed by atoms with Crippen molar-refractivity contribution in [3.8, 4) is 0 Å². The van der Waals surface area contributed by atoms with E-state index >= 15 is 0 Å². The Labute approximate surface area is 109 Å². The third kappa shape index (κ3) is 4.44. The molecule has 0 aliphatic heterocycles. The Kier molecular flexibility index (Phi) is 6.19. The maximum absolute atomic E-state index is 11.3. The van der Waals surface area contributed by atoms with Crippen molar-refractivity contribution >= 4 is 41.4 Å². The number of carbonyl (C=O) groups excluding carboxylic acids is 1. The van der Waals surface area contributed by atoms with Crippen molar-refractivity contribution in [1.82, 2.24) is 5.32 Å². The van der Waals surface area contributed by atoms with Crippen LogP contribution in [-0.2, 0) is 4.79 Å². The number of rotatable bonds is 3. The number of aliphatic carboxylic acids is 1. The molecule has 0 aliphatic carbocycles. The van der Waals surface area contributed by atoms with Crippen LogP contribution in [0.4, 0.5) is 0 Å². The molecule has 1 unspecified atom stereocenters. The number of amides is 1. The Morgan fingerprint density at radius 1 is 1.27 bits per heavy atom. The topological polar surface area (TPSA) is 92.4 Å². The van der Waals surface area contributed by atoms with E-state index in [0.29, 0.717) is 5.56 Å². The monoisotopic (exact) mass is 218 g/mol. The second-order valence-corrected chi connectivity index (χ2v) is 2.66. The van der Waals surface area contributed by atoms with Gasteiger partial charge < -0.3 is 16.2 Å². The van der Waals surface area contributed by atoms with Gasteiger partial charge in [0.15, 0.2) is 6.17 Å². The molecule has 0 aromatic heterocycles. The van der Waals surface area contributed by atoms with Crippen LogP contribution in [-0.4, -0.2) is 52.7 Å². The molecule has 0 spiro atoms. The summed E-state index contributed by atoms with van der Waals surface area (Å²) in [5, 5.41) is 10.6. The van der Waals surface area contributed by atoms with E-state index in [1.807, 2.05) is 0 Å². The van der Waals surface area contributed by atoms with Gasteiger partial charge in [0, 0.05) is 5.56 Å². The first kappa shape index (κ1) is 14.1. The normalized spacial score (nSPS) is 11.0. The number of nitrogens with one attached hydrogen (secondary N) is 1. The number of carbonyl (C=O) groups is 2. The second-order valence-electron chi connectivity index (χ2n) is 2.66. The Hall–Kier alpha value is -0.880. The van der Waals surface area contributed by atoms with Gasteiger partial charge in [-0.15, -0.1) is 0 Å². The summed E-state index contributed by atoms with van der Waals surface area (Å²) >= 11 is 0. The van der Waals surface area contributed by atoms with E-state index in [1.165, 1.54) is 0 Å². The van der Waals surface area contributed by atoms with Crippen molar-refractivity contribution in [3.63, 3.8) is 0 Å². The molecule has 0 aliphatic rings. The Morgan fingerprint density at radius 2 is 1.80 bits per heavy atom. The van der Waals surface area contributed by atoms with Crippen molar-refractivity contribution in [3.05, 3.63) is 35.9 Å². The van der Waals surface area contributed by atoms with Gasteiger partial charge in [-0.3, -0.25) is 4.79 Å². The van der Waals surface area contributed by atoms with Gasteiger partial charge in [-0.25, -0.2) is 4.79 Å². The number of nitrogens with two attached hydrogens (primary N) is 1.